The van der Waals surface area contributed by atoms with Crippen molar-refractivity contribution in [2.45, 2.75) is 19.7 Å². The maximum atomic E-state index is 10.9. The topological polar surface area (TPSA) is 67.4 Å². The van der Waals surface area contributed by atoms with Crippen LogP contribution in [0.25, 0.3) is 0 Å². The Hall–Kier alpha value is -0.950. The minimum absolute atomic E-state index is 0.0544. The van der Waals surface area contributed by atoms with E-state index in [0.717, 1.165) is 5.33 Å². The summed E-state index contributed by atoms with van der Waals surface area (Å²) in [5, 5.41) is 14.0. The number of halogens is 1. The van der Waals surface area contributed by atoms with Crippen molar-refractivity contribution in [1.29, 1.82) is 0 Å². The second-order valence-corrected chi connectivity index (χ2v) is 3.66. The molecular formula is C8H13BrN3O3+. The van der Waals surface area contributed by atoms with Gasteiger partial charge in [-0.15, -0.1) is 0 Å². The van der Waals surface area contributed by atoms with Crippen molar-refractivity contribution in [3.63, 3.8) is 0 Å². The summed E-state index contributed by atoms with van der Waals surface area (Å²) in [5.41, 5.74) is 1.27. The van der Waals surface area contributed by atoms with Gasteiger partial charge in [0.15, 0.2) is 7.11 Å². The van der Waals surface area contributed by atoms with E-state index < -0.39 is 0 Å². The van der Waals surface area contributed by atoms with Crippen LogP contribution in [-0.2, 0) is 24.5 Å². The molecule has 1 heterocycles. The maximum Gasteiger partial charge on any atom is 0.291 e. The van der Waals surface area contributed by atoms with E-state index in [9.17, 15) is 4.91 Å². The Bertz CT molecular complexity index is 340. The van der Waals surface area contributed by atoms with Crippen molar-refractivity contribution in [3.05, 3.63) is 22.4 Å². The van der Waals surface area contributed by atoms with Gasteiger partial charge in [0.1, 0.15) is 5.69 Å². The zero-order valence-corrected chi connectivity index (χ0v) is 9.98. The highest BCUT2D eigenvalue weighted by atomic mass is 79.9. The predicted octanol–water partition coefficient (Wildman–Crippen LogP) is 0.611. The quantitative estimate of drug-likeness (QED) is 0.612. The number of aliphatic hydroxyl groups is 1. The van der Waals surface area contributed by atoms with Crippen LogP contribution in [0.3, 0.4) is 0 Å². The fourth-order valence-corrected chi connectivity index (χ4v) is 1.53. The third-order valence-corrected chi connectivity index (χ3v) is 2.22. The molecule has 1 aromatic rings. The van der Waals surface area contributed by atoms with Crippen molar-refractivity contribution in [2.24, 2.45) is 0 Å². The Morgan fingerprint density at radius 2 is 2.47 bits per heavy atom. The lowest BCUT2D eigenvalue weighted by Crippen LogP contribution is -2.08. The summed E-state index contributed by atoms with van der Waals surface area (Å²) in [6.07, 6.45) is 0. The molecule has 0 spiro atoms. The Morgan fingerprint density at radius 1 is 1.73 bits per heavy atom. The SMILES string of the molecule is CO[N+](=O)Cc1cc(CO)n(CCBr)n1. The lowest BCUT2D eigenvalue weighted by molar-refractivity contribution is -0.808. The Morgan fingerprint density at radius 3 is 3.00 bits per heavy atom. The van der Waals surface area contributed by atoms with Crippen LogP contribution in [0.15, 0.2) is 6.07 Å². The van der Waals surface area contributed by atoms with Crippen molar-refractivity contribution in [3.8, 4) is 0 Å². The summed E-state index contributed by atoms with van der Waals surface area (Å²) in [5.74, 6) is 0. The second-order valence-electron chi connectivity index (χ2n) is 2.87. The van der Waals surface area contributed by atoms with Crippen LogP contribution in [0.1, 0.15) is 11.4 Å². The molecule has 0 unspecified atom stereocenters. The fourth-order valence-electron chi connectivity index (χ4n) is 1.19. The third kappa shape index (κ3) is 3.28. The molecule has 84 valence electrons. The maximum absolute atomic E-state index is 10.9. The van der Waals surface area contributed by atoms with Gasteiger partial charge < -0.3 is 5.11 Å². The number of alkyl halides is 1. The largest absolute Gasteiger partial charge is 0.390 e. The van der Waals surface area contributed by atoms with Gasteiger partial charge in [0.2, 0.25) is 4.92 Å². The van der Waals surface area contributed by atoms with Crippen LogP contribution in [0.5, 0.6) is 0 Å². The zero-order chi connectivity index (χ0) is 11.3. The Labute approximate surface area is 95.5 Å². The van der Waals surface area contributed by atoms with Gasteiger partial charge in [-0.3, -0.25) is 4.68 Å². The van der Waals surface area contributed by atoms with Gasteiger partial charge in [0, 0.05) is 5.33 Å². The second kappa shape index (κ2) is 5.82. The molecule has 1 aromatic heterocycles. The van der Waals surface area contributed by atoms with Crippen LogP contribution < -0.4 is 0 Å². The molecule has 0 aromatic carbocycles. The van der Waals surface area contributed by atoms with Gasteiger partial charge in [-0.2, -0.15) is 5.10 Å². The minimum atomic E-state index is -0.0914. The first-order valence-corrected chi connectivity index (χ1v) is 5.54. The molecule has 0 aliphatic heterocycles. The van der Waals surface area contributed by atoms with Crippen LogP contribution in [0, 0.1) is 4.91 Å². The van der Waals surface area contributed by atoms with E-state index in [-0.39, 0.29) is 13.2 Å². The van der Waals surface area contributed by atoms with Crippen LogP contribution in [0.2, 0.25) is 0 Å². The average molecular weight is 279 g/mol. The van der Waals surface area contributed by atoms with Crippen LogP contribution >= 0.6 is 15.9 Å². The highest BCUT2D eigenvalue weighted by Gasteiger charge is 2.15. The summed E-state index contributed by atoms with van der Waals surface area (Å²) in [6, 6.07) is 1.69. The van der Waals surface area contributed by atoms with E-state index in [1.165, 1.54) is 7.11 Å². The molecule has 0 amide bonds. The summed E-state index contributed by atoms with van der Waals surface area (Å²) >= 11 is 3.28. The molecule has 0 bridgehead atoms. The van der Waals surface area contributed by atoms with Gasteiger partial charge in [-0.05, 0) is 6.07 Å². The van der Waals surface area contributed by atoms with Gasteiger partial charge in [-0.1, -0.05) is 15.9 Å². The zero-order valence-electron chi connectivity index (χ0n) is 8.39. The summed E-state index contributed by atoms with van der Waals surface area (Å²) < 4.78 is 1.66. The minimum Gasteiger partial charge on any atom is -0.390 e. The molecule has 0 atom stereocenters. The normalized spacial score (nSPS) is 10.3. The summed E-state index contributed by atoms with van der Waals surface area (Å²) in [4.78, 5) is 15.8. The lowest BCUT2D eigenvalue weighted by atomic mass is 10.3. The fraction of sp³-hybridized carbons (Fsp3) is 0.625. The highest BCUT2D eigenvalue weighted by Crippen LogP contribution is 2.06. The molecule has 1 N–H and O–H groups in total. The van der Waals surface area contributed by atoms with Crippen LogP contribution in [0.4, 0.5) is 0 Å². The van der Waals surface area contributed by atoms with Gasteiger partial charge in [0.25, 0.3) is 6.54 Å². The van der Waals surface area contributed by atoms with E-state index >= 15 is 0 Å². The van der Waals surface area contributed by atoms with Gasteiger partial charge in [0.05, 0.1) is 23.8 Å². The molecule has 7 heteroatoms. The first-order chi connectivity index (χ1) is 7.21. The molecule has 0 fully saturated rings. The highest BCUT2D eigenvalue weighted by molar-refractivity contribution is 9.09. The third-order valence-electron chi connectivity index (χ3n) is 1.87. The number of aromatic nitrogens is 2. The number of rotatable bonds is 6. The number of hydrogen-bond acceptors (Lipinski definition) is 4. The first kappa shape index (κ1) is 12.1. The van der Waals surface area contributed by atoms with E-state index in [2.05, 4.69) is 25.9 Å². The van der Waals surface area contributed by atoms with Gasteiger partial charge in [-0.25, -0.2) is 4.84 Å². The first-order valence-electron chi connectivity index (χ1n) is 4.42. The number of aryl methyl sites for hydroxylation is 1. The van der Waals surface area contributed by atoms with Crippen molar-refractivity contribution >= 4 is 15.9 Å². The predicted molar refractivity (Wildman–Crippen MR) is 56.3 cm³/mol. The van der Waals surface area contributed by atoms with Crippen molar-refractivity contribution in [2.75, 3.05) is 12.4 Å². The molecule has 0 aliphatic carbocycles. The molecule has 0 saturated carbocycles. The summed E-state index contributed by atoms with van der Waals surface area (Å²) in [6.45, 7) is 0.617. The molecule has 6 nitrogen and oxygen atoms in total. The molecule has 1 rings (SSSR count). The summed E-state index contributed by atoms with van der Waals surface area (Å²) in [7, 11) is 1.30. The Balaban J connectivity index is 2.77. The Kier molecular flexibility index (Phi) is 4.70. The smallest absolute Gasteiger partial charge is 0.291 e. The van der Waals surface area contributed by atoms with E-state index in [1.807, 2.05) is 0 Å². The number of hydrogen-bond donors (Lipinski definition) is 1. The van der Waals surface area contributed by atoms with E-state index in [1.54, 1.807) is 10.7 Å². The number of aliphatic hydroxyl groups excluding tert-OH is 1. The monoisotopic (exact) mass is 278 g/mol. The van der Waals surface area contributed by atoms with Gasteiger partial charge >= 0.3 is 0 Å². The van der Waals surface area contributed by atoms with Crippen molar-refractivity contribution in [1.82, 2.24) is 9.78 Å². The van der Waals surface area contributed by atoms with Crippen LogP contribution in [-0.4, -0.2) is 32.3 Å². The number of nitrogens with zero attached hydrogens (tertiary/aromatic N) is 3. The standard InChI is InChI=1S/C8H13BrN3O3/c1-15-12(14)5-7-4-8(6-13)11(10-7)3-2-9/h4,13H,2-3,5-6H2,1H3/q+1. The lowest BCUT2D eigenvalue weighted by Gasteiger charge is -2.00. The molecular weight excluding hydrogens is 266 g/mol. The molecule has 15 heavy (non-hydrogen) atoms. The van der Waals surface area contributed by atoms with E-state index in [0.29, 0.717) is 22.9 Å². The molecule has 0 aliphatic rings. The molecule has 0 radical (unpaired) electrons. The van der Waals surface area contributed by atoms with E-state index in [4.69, 9.17) is 5.11 Å². The molecule has 0 saturated heterocycles. The average Bonchev–Trinajstić information content (AvgIpc) is 2.61. The van der Waals surface area contributed by atoms with Crippen molar-refractivity contribution < 1.29 is 14.9 Å².